The first kappa shape index (κ1) is 20.3. The van der Waals surface area contributed by atoms with Crippen LogP contribution in [0.4, 0.5) is 9.52 Å². The molecule has 5 nitrogen and oxygen atoms in total. The van der Waals surface area contributed by atoms with E-state index in [1.807, 2.05) is 24.3 Å². The maximum Gasteiger partial charge on any atom is 0.269 e. The molecule has 1 aromatic heterocycles. The van der Waals surface area contributed by atoms with Gasteiger partial charge in [-0.05, 0) is 66.0 Å². The highest BCUT2D eigenvalue weighted by Crippen LogP contribution is 2.31. The van der Waals surface area contributed by atoms with Gasteiger partial charge in [0.15, 0.2) is 11.2 Å². The minimum atomic E-state index is -0.773. The van der Waals surface area contributed by atoms with Crippen molar-refractivity contribution in [2.24, 2.45) is 0 Å². The summed E-state index contributed by atoms with van der Waals surface area (Å²) in [5.41, 5.74) is 0.854. The maximum absolute atomic E-state index is 13.3. The van der Waals surface area contributed by atoms with Gasteiger partial charge in [0, 0.05) is 6.61 Å². The molecule has 2 atom stereocenters. The fraction of sp³-hybridized carbons (Fsp3) is 0.333. The van der Waals surface area contributed by atoms with Crippen molar-refractivity contribution in [3.8, 4) is 5.75 Å². The summed E-state index contributed by atoms with van der Waals surface area (Å²) in [7, 11) is 0. The van der Waals surface area contributed by atoms with E-state index in [1.54, 1.807) is 11.8 Å². The van der Waals surface area contributed by atoms with Gasteiger partial charge in [0.05, 0.1) is 27.3 Å². The number of carbonyl (C=O) groups excluding carboxylic acids is 1. The fourth-order valence-corrected chi connectivity index (χ4v) is 4.69. The van der Waals surface area contributed by atoms with Gasteiger partial charge >= 0.3 is 0 Å². The SMILES string of the molecule is CC(Oc1ccc(F)cc1Br)C(=O)N(CC1CCCO1)c1nc2ccccc2s1. The summed E-state index contributed by atoms with van der Waals surface area (Å²) in [6, 6.07) is 11.9. The Morgan fingerprint density at radius 1 is 1.41 bits per heavy atom. The van der Waals surface area contributed by atoms with Crippen molar-refractivity contribution >= 4 is 48.5 Å². The second-order valence-corrected chi connectivity index (χ2v) is 8.75. The van der Waals surface area contributed by atoms with Crippen LogP contribution in [0, 0.1) is 5.82 Å². The molecule has 8 heteroatoms. The Labute approximate surface area is 180 Å². The summed E-state index contributed by atoms with van der Waals surface area (Å²) in [5, 5.41) is 0.625. The smallest absolute Gasteiger partial charge is 0.269 e. The number of para-hydroxylation sites is 1. The molecule has 1 amide bonds. The maximum atomic E-state index is 13.3. The number of anilines is 1. The molecule has 152 valence electrons. The molecule has 3 aromatic rings. The Morgan fingerprint density at radius 2 is 2.24 bits per heavy atom. The second kappa shape index (κ2) is 8.77. The summed E-state index contributed by atoms with van der Waals surface area (Å²) in [4.78, 5) is 19.6. The molecule has 0 saturated carbocycles. The van der Waals surface area contributed by atoms with Crippen LogP contribution in [0.3, 0.4) is 0 Å². The van der Waals surface area contributed by atoms with E-state index in [2.05, 4.69) is 20.9 Å². The molecule has 29 heavy (non-hydrogen) atoms. The quantitative estimate of drug-likeness (QED) is 0.489. The molecule has 0 N–H and O–H groups in total. The van der Waals surface area contributed by atoms with Gasteiger partial charge in [-0.3, -0.25) is 9.69 Å². The lowest BCUT2D eigenvalue weighted by Crippen LogP contribution is -2.44. The van der Waals surface area contributed by atoms with E-state index in [1.165, 1.54) is 29.5 Å². The Morgan fingerprint density at radius 3 is 2.97 bits per heavy atom. The number of halogens is 2. The van der Waals surface area contributed by atoms with E-state index in [-0.39, 0.29) is 17.8 Å². The van der Waals surface area contributed by atoms with Crippen LogP contribution in [0.25, 0.3) is 10.2 Å². The number of carbonyl (C=O) groups is 1. The lowest BCUT2D eigenvalue weighted by Gasteiger charge is -2.26. The van der Waals surface area contributed by atoms with Gasteiger partial charge in [0.2, 0.25) is 0 Å². The third kappa shape index (κ3) is 4.60. The topological polar surface area (TPSA) is 51.7 Å². The predicted molar refractivity (Wildman–Crippen MR) is 115 cm³/mol. The molecule has 0 bridgehead atoms. The van der Waals surface area contributed by atoms with Gasteiger partial charge in [-0.25, -0.2) is 9.37 Å². The second-order valence-electron chi connectivity index (χ2n) is 6.88. The first-order valence-corrected chi connectivity index (χ1v) is 11.0. The summed E-state index contributed by atoms with van der Waals surface area (Å²) < 4.78 is 26.4. The van der Waals surface area contributed by atoms with Crippen LogP contribution in [0.1, 0.15) is 19.8 Å². The molecule has 1 fully saturated rings. The Bertz CT molecular complexity index is 989. The molecule has 2 aromatic carbocycles. The van der Waals surface area contributed by atoms with E-state index in [0.717, 1.165) is 23.1 Å². The number of benzene rings is 2. The van der Waals surface area contributed by atoms with Gasteiger partial charge in [0.1, 0.15) is 11.6 Å². The molecule has 2 unspecified atom stereocenters. The number of rotatable bonds is 6. The van der Waals surface area contributed by atoms with E-state index < -0.39 is 6.10 Å². The summed E-state index contributed by atoms with van der Waals surface area (Å²) >= 11 is 4.75. The van der Waals surface area contributed by atoms with Crippen molar-refractivity contribution in [3.63, 3.8) is 0 Å². The van der Waals surface area contributed by atoms with Crippen LogP contribution >= 0.6 is 27.3 Å². The van der Waals surface area contributed by atoms with Crippen molar-refractivity contribution in [1.82, 2.24) is 4.98 Å². The van der Waals surface area contributed by atoms with E-state index >= 15 is 0 Å². The monoisotopic (exact) mass is 478 g/mol. The fourth-order valence-electron chi connectivity index (χ4n) is 3.26. The van der Waals surface area contributed by atoms with Gasteiger partial charge in [-0.2, -0.15) is 0 Å². The van der Waals surface area contributed by atoms with Crippen LogP contribution in [-0.4, -0.2) is 36.3 Å². The van der Waals surface area contributed by atoms with Gasteiger partial charge < -0.3 is 9.47 Å². The number of hydrogen-bond acceptors (Lipinski definition) is 5. The third-order valence-electron chi connectivity index (χ3n) is 4.74. The van der Waals surface area contributed by atoms with Crippen LogP contribution in [0.5, 0.6) is 5.75 Å². The zero-order chi connectivity index (χ0) is 20.4. The first-order chi connectivity index (χ1) is 14.0. The molecule has 0 spiro atoms. The van der Waals surface area contributed by atoms with Crippen LogP contribution in [-0.2, 0) is 9.53 Å². The summed E-state index contributed by atoms with van der Waals surface area (Å²) in [6.45, 7) is 2.83. The number of ether oxygens (including phenoxy) is 2. The highest BCUT2D eigenvalue weighted by atomic mass is 79.9. The average molecular weight is 479 g/mol. The highest BCUT2D eigenvalue weighted by molar-refractivity contribution is 9.10. The predicted octanol–water partition coefficient (Wildman–Crippen LogP) is 5.18. The van der Waals surface area contributed by atoms with Gasteiger partial charge in [0.25, 0.3) is 5.91 Å². The van der Waals surface area contributed by atoms with Gasteiger partial charge in [-0.1, -0.05) is 23.5 Å². The third-order valence-corrected chi connectivity index (χ3v) is 6.41. The Hall–Kier alpha value is -2.03. The van der Waals surface area contributed by atoms with Crippen molar-refractivity contribution < 1.29 is 18.7 Å². The number of amides is 1. The highest BCUT2D eigenvalue weighted by Gasteiger charge is 2.30. The van der Waals surface area contributed by atoms with Crippen molar-refractivity contribution in [2.75, 3.05) is 18.1 Å². The molecular formula is C21H20BrFN2O3S. The Balaban J connectivity index is 1.59. The zero-order valence-corrected chi connectivity index (χ0v) is 18.2. The normalized spacial score (nSPS) is 17.4. The molecule has 4 rings (SSSR count). The lowest BCUT2D eigenvalue weighted by atomic mass is 10.2. The van der Waals surface area contributed by atoms with Crippen LogP contribution < -0.4 is 9.64 Å². The average Bonchev–Trinajstić information content (AvgIpc) is 3.36. The minimum absolute atomic E-state index is 0.0179. The van der Waals surface area contributed by atoms with Crippen LogP contribution in [0.15, 0.2) is 46.9 Å². The molecule has 1 aliphatic heterocycles. The van der Waals surface area contributed by atoms with E-state index in [4.69, 9.17) is 9.47 Å². The minimum Gasteiger partial charge on any atom is -0.480 e. The number of nitrogens with zero attached hydrogens (tertiary/aromatic N) is 2. The summed E-state index contributed by atoms with van der Waals surface area (Å²) in [5.74, 6) is -0.179. The molecule has 2 heterocycles. The molecular weight excluding hydrogens is 459 g/mol. The molecule has 0 aliphatic carbocycles. The van der Waals surface area contributed by atoms with Crippen molar-refractivity contribution in [2.45, 2.75) is 32.0 Å². The van der Waals surface area contributed by atoms with Crippen molar-refractivity contribution in [1.29, 1.82) is 0 Å². The lowest BCUT2D eigenvalue weighted by molar-refractivity contribution is -0.125. The standard InChI is InChI=1S/C21H20BrFN2O3S/c1-13(28-18-9-8-14(23)11-16(18)22)20(26)25(12-15-5-4-10-27-15)21-24-17-6-2-3-7-19(17)29-21/h2-3,6-9,11,13,15H,4-5,10,12H2,1H3. The largest absolute Gasteiger partial charge is 0.480 e. The number of aromatic nitrogens is 1. The number of hydrogen-bond donors (Lipinski definition) is 0. The van der Waals surface area contributed by atoms with E-state index in [9.17, 15) is 9.18 Å². The van der Waals surface area contributed by atoms with Gasteiger partial charge in [-0.15, -0.1) is 0 Å². The number of fused-ring (bicyclic) bond motifs is 1. The molecule has 1 aliphatic rings. The van der Waals surface area contributed by atoms with E-state index in [0.29, 0.717) is 28.5 Å². The first-order valence-electron chi connectivity index (χ1n) is 9.41. The zero-order valence-electron chi connectivity index (χ0n) is 15.8. The summed E-state index contributed by atoms with van der Waals surface area (Å²) in [6.07, 6.45) is 1.11. The Kier molecular flexibility index (Phi) is 6.12. The van der Waals surface area contributed by atoms with Crippen molar-refractivity contribution in [3.05, 3.63) is 52.8 Å². The number of thiazole rings is 1. The molecule has 1 saturated heterocycles. The van der Waals surface area contributed by atoms with Crippen LogP contribution in [0.2, 0.25) is 0 Å². The molecule has 0 radical (unpaired) electrons.